The first-order valence-electron chi connectivity index (χ1n) is 12.3. The third-order valence-corrected chi connectivity index (χ3v) is 7.22. The van der Waals surface area contributed by atoms with Crippen LogP contribution in [0.5, 0.6) is 0 Å². The van der Waals surface area contributed by atoms with E-state index < -0.39 is 6.29 Å². The lowest BCUT2D eigenvalue weighted by molar-refractivity contribution is -0.170. The highest BCUT2D eigenvalue weighted by atomic mass is 16.7. The van der Waals surface area contributed by atoms with Crippen molar-refractivity contribution in [3.63, 3.8) is 0 Å². The molecular weight excluding hydrogens is 414 g/mol. The van der Waals surface area contributed by atoms with Gasteiger partial charge >= 0.3 is 0 Å². The molecule has 0 bridgehead atoms. The number of aliphatic hydroxyl groups is 1. The third-order valence-electron chi connectivity index (χ3n) is 7.22. The van der Waals surface area contributed by atoms with Crippen LogP contribution in [0, 0.1) is 5.92 Å². The minimum atomic E-state index is -0.497. The van der Waals surface area contributed by atoms with Crippen LogP contribution >= 0.6 is 0 Å². The molecule has 0 unspecified atom stereocenters. The van der Waals surface area contributed by atoms with Gasteiger partial charge in [-0.3, -0.25) is 4.79 Å². The van der Waals surface area contributed by atoms with Crippen molar-refractivity contribution in [3.05, 3.63) is 71.0 Å². The Morgan fingerprint density at radius 3 is 2.70 bits per heavy atom. The van der Waals surface area contributed by atoms with Crippen molar-refractivity contribution in [2.75, 3.05) is 26.3 Å². The van der Waals surface area contributed by atoms with Crippen molar-refractivity contribution < 1.29 is 19.4 Å². The summed E-state index contributed by atoms with van der Waals surface area (Å²) in [5.41, 5.74) is 6.49. The van der Waals surface area contributed by atoms with E-state index in [1.807, 2.05) is 17.9 Å². The maximum atomic E-state index is 13.2. The fraction of sp³-hybridized carbons (Fsp3) is 0.464. The molecule has 2 heterocycles. The SMILES string of the molecule is CCO[C@H]1OC(C(=O)N2CCCC2)=C[C@@H](c2ccc3c(c2)Cc2ccccc2-3)[C@@H]1CCCO. The van der Waals surface area contributed by atoms with E-state index in [-0.39, 0.29) is 24.3 Å². The molecule has 2 aliphatic heterocycles. The number of carbonyl (C=O) groups excluding carboxylic acids is 1. The highest BCUT2D eigenvalue weighted by Crippen LogP contribution is 2.43. The summed E-state index contributed by atoms with van der Waals surface area (Å²) in [5, 5.41) is 9.52. The number of aliphatic hydroxyl groups excluding tert-OH is 1. The Balaban J connectivity index is 1.51. The molecule has 1 saturated heterocycles. The number of likely N-dealkylation sites (tertiary alicyclic amines) is 1. The normalized spacial score (nSPS) is 23.6. The lowest BCUT2D eigenvalue weighted by atomic mass is 9.79. The van der Waals surface area contributed by atoms with E-state index in [9.17, 15) is 9.90 Å². The average Bonchev–Trinajstić information content (AvgIpc) is 3.50. The quantitative estimate of drug-likeness (QED) is 0.574. The smallest absolute Gasteiger partial charge is 0.288 e. The molecule has 0 radical (unpaired) electrons. The summed E-state index contributed by atoms with van der Waals surface area (Å²) in [4.78, 5) is 15.1. The molecule has 0 aromatic heterocycles. The van der Waals surface area contributed by atoms with E-state index in [4.69, 9.17) is 9.47 Å². The Morgan fingerprint density at radius 1 is 1.12 bits per heavy atom. The number of nitrogens with zero attached hydrogens (tertiary/aromatic N) is 1. The number of amides is 1. The largest absolute Gasteiger partial charge is 0.459 e. The van der Waals surface area contributed by atoms with Crippen LogP contribution in [0.15, 0.2) is 54.3 Å². The van der Waals surface area contributed by atoms with Crippen molar-refractivity contribution in [2.24, 2.45) is 5.92 Å². The van der Waals surface area contributed by atoms with E-state index in [0.29, 0.717) is 18.8 Å². The molecule has 1 aliphatic carbocycles. The fourth-order valence-corrected chi connectivity index (χ4v) is 5.59. The number of fused-ring (bicyclic) bond motifs is 3. The Kier molecular flexibility index (Phi) is 6.52. The van der Waals surface area contributed by atoms with Gasteiger partial charge in [0.25, 0.3) is 5.91 Å². The number of ether oxygens (including phenoxy) is 2. The zero-order valence-electron chi connectivity index (χ0n) is 19.3. The average molecular weight is 448 g/mol. The zero-order chi connectivity index (χ0) is 22.8. The number of carbonyl (C=O) groups is 1. The molecule has 1 N–H and O–H groups in total. The molecule has 5 heteroatoms. The van der Waals surface area contributed by atoms with Gasteiger partial charge in [0.1, 0.15) is 0 Å². The van der Waals surface area contributed by atoms with Crippen molar-refractivity contribution >= 4 is 5.91 Å². The molecule has 174 valence electrons. The standard InChI is InChI=1S/C28H33NO4/c1-2-32-28-24(10-7-15-30)25(18-26(33-28)27(31)29-13-5-6-14-29)20-11-12-23-21(17-20)16-19-8-3-4-9-22(19)23/h3-4,8-9,11-12,17-18,24-25,28,30H,2,5-7,10,13-16H2,1H3/t24-,25-,28-/m0/s1. The van der Waals surface area contributed by atoms with Gasteiger partial charge in [0, 0.05) is 38.1 Å². The number of rotatable bonds is 7. The summed E-state index contributed by atoms with van der Waals surface area (Å²) in [7, 11) is 0. The van der Waals surface area contributed by atoms with E-state index in [2.05, 4.69) is 42.5 Å². The predicted molar refractivity (Wildman–Crippen MR) is 128 cm³/mol. The van der Waals surface area contributed by atoms with Crippen molar-refractivity contribution in [2.45, 2.75) is 51.2 Å². The van der Waals surface area contributed by atoms with Crippen LogP contribution in [0.2, 0.25) is 0 Å². The molecular formula is C28H33NO4. The Hall–Kier alpha value is -2.63. The van der Waals surface area contributed by atoms with Gasteiger partial charge in [0.15, 0.2) is 5.76 Å². The summed E-state index contributed by atoms with van der Waals surface area (Å²) in [6.07, 6.45) is 5.98. The molecule has 2 aromatic rings. The van der Waals surface area contributed by atoms with Gasteiger partial charge in [-0.15, -0.1) is 0 Å². The lowest BCUT2D eigenvalue weighted by Crippen LogP contribution is -2.39. The van der Waals surface area contributed by atoms with E-state index in [1.54, 1.807) is 0 Å². The number of allylic oxidation sites excluding steroid dienone is 1. The number of hydrogen-bond donors (Lipinski definition) is 1. The summed E-state index contributed by atoms with van der Waals surface area (Å²) in [6.45, 7) is 4.17. The molecule has 1 amide bonds. The second-order valence-electron chi connectivity index (χ2n) is 9.28. The summed E-state index contributed by atoms with van der Waals surface area (Å²) in [5.74, 6) is 0.409. The molecule has 5 rings (SSSR count). The monoisotopic (exact) mass is 447 g/mol. The Morgan fingerprint density at radius 2 is 1.91 bits per heavy atom. The first kappa shape index (κ1) is 22.2. The highest BCUT2D eigenvalue weighted by molar-refractivity contribution is 5.92. The van der Waals surface area contributed by atoms with Crippen LogP contribution in [0.3, 0.4) is 0 Å². The zero-order valence-corrected chi connectivity index (χ0v) is 19.3. The molecule has 2 aromatic carbocycles. The molecule has 0 saturated carbocycles. The maximum absolute atomic E-state index is 13.2. The van der Waals surface area contributed by atoms with Gasteiger partial charge < -0.3 is 19.5 Å². The highest BCUT2D eigenvalue weighted by Gasteiger charge is 2.39. The van der Waals surface area contributed by atoms with Crippen LogP contribution in [-0.4, -0.2) is 48.5 Å². The van der Waals surface area contributed by atoms with Crippen LogP contribution in [0.4, 0.5) is 0 Å². The van der Waals surface area contributed by atoms with E-state index in [0.717, 1.165) is 38.8 Å². The molecule has 33 heavy (non-hydrogen) atoms. The molecule has 3 atom stereocenters. The van der Waals surface area contributed by atoms with Crippen molar-refractivity contribution in [1.82, 2.24) is 4.90 Å². The first-order chi connectivity index (χ1) is 16.2. The van der Waals surface area contributed by atoms with Crippen molar-refractivity contribution in [3.8, 4) is 11.1 Å². The minimum absolute atomic E-state index is 0.00239. The molecule has 3 aliphatic rings. The second-order valence-corrected chi connectivity index (χ2v) is 9.28. The van der Waals surface area contributed by atoms with E-state index >= 15 is 0 Å². The minimum Gasteiger partial charge on any atom is -0.459 e. The van der Waals surface area contributed by atoms with Crippen molar-refractivity contribution in [1.29, 1.82) is 0 Å². The van der Waals surface area contributed by atoms with E-state index in [1.165, 1.54) is 27.8 Å². The second kappa shape index (κ2) is 9.70. The van der Waals surface area contributed by atoms with Gasteiger partial charge in [-0.05, 0) is 72.9 Å². The third kappa shape index (κ3) is 4.32. The summed E-state index contributed by atoms with van der Waals surface area (Å²) >= 11 is 0. The van der Waals surface area contributed by atoms with Gasteiger partial charge in [-0.25, -0.2) is 0 Å². The molecule has 0 spiro atoms. The maximum Gasteiger partial charge on any atom is 0.288 e. The van der Waals surface area contributed by atoms with Gasteiger partial charge in [0.05, 0.1) is 0 Å². The topological polar surface area (TPSA) is 59.0 Å². The predicted octanol–water partition coefficient (Wildman–Crippen LogP) is 4.63. The Labute approximate surface area is 196 Å². The van der Waals surface area contributed by atoms with Crippen LogP contribution in [-0.2, 0) is 20.7 Å². The van der Waals surface area contributed by atoms with Gasteiger partial charge in [-0.2, -0.15) is 0 Å². The Bertz CT molecular complexity index is 1040. The van der Waals surface area contributed by atoms with Crippen LogP contribution < -0.4 is 0 Å². The van der Waals surface area contributed by atoms with Gasteiger partial charge in [-0.1, -0.05) is 42.5 Å². The fourth-order valence-electron chi connectivity index (χ4n) is 5.59. The van der Waals surface area contributed by atoms with Crippen LogP contribution in [0.1, 0.15) is 55.2 Å². The lowest BCUT2D eigenvalue weighted by Gasteiger charge is -2.37. The summed E-state index contributed by atoms with van der Waals surface area (Å²) in [6, 6.07) is 15.3. The number of hydrogen-bond acceptors (Lipinski definition) is 4. The van der Waals surface area contributed by atoms with Crippen LogP contribution in [0.25, 0.3) is 11.1 Å². The number of benzene rings is 2. The molecule has 1 fully saturated rings. The summed E-state index contributed by atoms with van der Waals surface area (Å²) < 4.78 is 12.2. The van der Waals surface area contributed by atoms with Gasteiger partial charge in [0.2, 0.25) is 6.29 Å². The molecule has 5 nitrogen and oxygen atoms in total. The first-order valence-corrected chi connectivity index (χ1v) is 12.3.